The molecule has 0 aromatic heterocycles. The van der Waals surface area contributed by atoms with Crippen LogP contribution in [-0.4, -0.2) is 11.6 Å². The number of hydrogen-bond acceptors (Lipinski definition) is 2. The van der Waals surface area contributed by atoms with Gasteiger partial charge >= 0.3 is 0 Å². The SMILES string of the molecule is Cc1cccc(-c2ccc3c(c2)-c2ccccc2C(=O)C3=O)c1. The third-order valence-electron chi connectivity index (χ3n) is 4.28. The third kappa shape index (κ3) is 2.11. The number of rotatable bonds is 1. The Balaban J connectivity index is 1.96. The second-order valence-corrected chi connectivity index (χ2v) is 5.83. The molecule has 4 rings (SSSR count). The van der Waals surface area contributed by atoms with E-state index in [1.807, 2.05) is 30.3 Å². The van der Waals surface area contributed by atoms with Gasteiger partial charge in [0.15, 0.2) is 0 Å². The zero-order chi connectivity index (χ0) is 16.0. The van der Waals surface area contributed by atoms with Gasteiger partial charge in [-0.25, -0.2) is 0 Å². The Kier molecular flexibility index (Phi) is 2.98. The molecule has 2 heteroatoms. The molecule has 0 heterocycles. The zero-order valence-electron chi connectivity index (χ0n) is 12.7. The number of benzene rings is 3. The maximum Gasteiger partial charge on any atom is 0.234 e. The number of fused-ring (bicyclic) bond motifs is 3. The minimum absolute atomic E-state index is 0.420. The molecule has 0 atom stereocenters. The molecule has 2 nitrogen and oxygen atoms in total. The van der Waals surface area contributed by atoms with Crippen LogP contribution in [0.15, 0.2) is 66.7 Å². The maximum atomic E-state index is 12.3. The highest BCUT2D eigenvalue weighted by Gasteiger charge is 2.30. The minimum atomic E-state index is -0.422. The van der Waals surface area contributed by atoms with Crippen LogP contribution in [-0.2, 0) is 0 Å². The van der Waals surface area contributed by atoms with Gasteiger partial charge in [-0.05, 0) is 41.3 Å². The van der Waals surface area contributed by atoms with Crippen LogP contribution in [0.2, 0.25) is 0 Å². The van der Waals surface area contributed by atoms with E-state index >= 15 is 0 Å². The van der Waals surface area contributed by atoms with Crippen molar-refractivity contribution in [3.63, 3.8) is 0 Å². The molecule has 3 aromatic rings. The van der Waals surface area contributed by atoms with E-state index in [0.29, 0.717) is 11.1 Å². The molecule has 0 saturated heterocycles. The summed E-state index contributed by atoms with van der Waals surface area (Å²) in [5, 5.41) is 0. The van der Waals surface area contributed by atoms with E-state index in [1.165, 1.54) is 5.56 Å². The monoisotopic (exact) mass is 298 g/mol. The number of carbonyl (C=O) groups excluding carboxylic acids is 2. The second-order valence-electron chi connectivity index (χ2n) is 5.83. The lowest BCUT2D eigenvalue weighted by atomic mass is 9.82. The highest BCUT2D eigenvalue weighted by Crippen LogP contribution is 2.36. The van der Waals surface area contributed by atoms with Gasteiger partial charge in [-0.2, -0.15) is 0 Å². The van der Waals surface area contributed by atoms with E-state index < -0.39 is 11.6 Å². The third-order valence-corrected chi connectivity index (χ3v) is 4.28. The summed E-state index contributed by atoms with van der Waals surface area (Å²) < 4.78 is 0. The van der Waals surface area contributed by atoms with Gasteiger partial charge in [0.05, 0.1) is 0 Å². The van der Waals surface area contributed by atoms with Gasteiger partial charge in [0.25, 0.3) is 0 Å². The van der Waals surface area contributed by atoms with E-state index in [9.17, 15) is 9.59 Å². The van der Waals surface area contributed by atoms with Crippen LogP contribution in [0.3, 0.4) is 0 Å². The molecule has 0 N–H and O–H groups in total. The number of hydrogen-bond donors (Lipinski definition) is 0. The first-order valence-corrected chi connectivity index (χ1v) is 7.54. The van der Waals surface area contributed by atoms with Crippen molar-refractivity contribution in [3.05, 3.63) is 83.4 Å². The number of Topliss-reactive ketones (excluding diaryl/α,β-unsaturated/α-hetero) is 2. The first-order valence-electron chi connectivity index (χ1n) is 7.54. The molecular formula is C21H14O2. The Bertz CT molecular complexity index is 967. The number of carbonyl (C=O) groups is 2. The predicted molar refractivity (Wildman–Crippen MR) is 90.7 cm³/mol. The minimum Gasteiger partial charge on any atom is -0.285 e. The Labute approximate surface area is 134 Å². The van der Waals surface area contributed by atoms with Crippen molar-refractivity contribution in [2.75, 3.05) is 0 Å². The first kappa shape index (κ1) is 13.6. The van der Waals surface area contributed by atoms with Gasteiger partial charge < -0.3 is 0 Å². The average molecular weight is 298 g/mol. The summed E-state index contributed by atoms with van der Waals surface area (Å²) in [5.41, 5.74) is 5.99. The molecule has 1 aliphatic carbocycles. The molecule has 1 aliphatic rings. The highest BCUT2D eigenvalue weighted by molar-refractivity contribution is 6.53. The van der Waals surface area contributed by atoms with Crippen molar-refractivity contribution in [3.8, 4) is 22.3 Å². The van der Waals surface area contributed by atoms with Crippen molar-refractivity contribution in [1.29, 1.82) is 0 Å². The molecule has 3 aromatic carbocycles. The van der Waals surface area contributed by atoms with Gasteiger partial charge in [-0.3, -0.25) is 9.59 Å². The van der Waals surface area contributed by atoms with Crippen LogP contribution < -0.4 is 0 Å². The Morgan fingerprint density at radius 2 is 1.22 bits per heavy atom. The van der Waals surface area contributed by atoms with Crippen LogP contribution in [0.1, 0.15) is 26.3 Å². The molecule has 23 heavy (non-hydrogen) atoms. The van der Waals surface area contributed by atoms with Gasteiger partial charge in [-0.15, -0.1) is 0 Å². The molecule has 0 fully saturated rings. The molecule has 0 aliphatic heterocycles. The summed E-state index contributed by atoms with van der Waals surface area (Å²) in [4.78, 5) is 24.6. The summed E-state index contributed by atoms with van der Waals surface area (Å²) in [6.07, 6.45) is 0. The molecule has 0 unspecified atom stereocenters. The van der Waals surface area contributed by atoms with E-state index in [-0.39, 0.29) is 0 Å². The maximum absolute atomic E-state index is 12.3. The fourth-order valence-electron chi connectivity index (χ4n) is 3.13. The number of ketones is 2. The topological polar surface area (TPSA) is 34.1 Å². The zero-order valence-corrected chi connectivity index (χ0v) is 12.7. The summed E-state index contributed by atoms with van der Waals surface area (Å²) in [6.45, 7) is 2.05. The van der Waals surface area contributed by atoms with Crippen LogP contribution in [0.25, 0.3) is 22.3 Å². The molecule has 0 radical (unpaired) electrons. The lowest BCUT2D eigenvalue weighted by molar-refractivity contribution is 0.0815. The van der Waals surface area contributed by atoms with Crippen LogP contribution >= 0.6 is 0 Å². The molecule has 0 bridgehead atoms. The van der Waals surface area contributed by atoms with E-state index in [4.69, 9.17) is 0 Å². The molecule has 110 valence electrons. The van der Waals surface area contributed by atoms with E-state index in [2.05, 4.69) is 25.1 Å². The first-order chi connectivity index (χ1) is 11.1. The summed E-state index contributed by atoms with van der Waals surface area (Å²) >= 11 is 0. The Morgan fingerprint density at radius 3 is 1.96 bits per heavy atom. The van der Waals surface area contributed by atoms with E-state index in [1.54, 1.807) is 18.2 Å². The molecule has 0 saturated carbocycles. The van der Waals surface area contributed by atoms with Gasteiger partial charge in [0, 0.05) is 11.1 Å². The Morgan fingerprint density at radius 1 is 0.565 bits per heavy atom. The van der Waals surface area contributed by atoms with E-state index in [0.717, 1.165) is 22.3 Å². The van der Waals surface area contributed by atoms with Gasteiger partial charge in [0.1, 0.15) is 0 Å². The smallest absolute Gasteiger partial charge is 0.234 e. The second kappa shape index (κ2) is 5.03. The van der Waals surface area contributed by atoms with Gasteiger partial charge in [0.2, 0.25) is 11.6 Å². The lowest BCUT2D eigenvalue weighted by Gasteiger charge is -2.18. The van der Waals surface area contributed by atoms with Crippen molar-refractivity contribution in [2.24, 2.45) is 0 Å². The highest BCUT2D eigenvalue weighted by atomic mass is 16.2. The van der Waals surface area contributed by atoms with Crippen molar-refractivity contribution < 1.29 is 9.59 Å². The van der Waals surface area contributed by atoms with Gasteiger partial charge in [-0.1, -0.05) is 60.2 Å². The largest absolute Gasteiger partial charge is 0.285 e. The number of aryl methyl sites for hydroxylation is 1. The predicted octanol–water partition coefficient (Wildman–Crippen LogP) is 4.71. The summed E-state index contributed by atoms with van der Waals surface area (Å²) in [6, 6.07) is 21.2. The van der Waals surface area contributed by atoms with Crippen LogP contribution in [0.5, 0.6) is 0 Å². The van der Waals surface area contributed by atoms with Crippen molar-refractivity contribution in [2.45, 2.75) is 6.92 Å². The quantitative estimate of drug-likeness (QED) is 0.610. The van der Waals surface area contributed by atoms with Crippen molar-refractivity contribution >= 4 is 11.6 Å². The molecule has 0 spiro atoms. The summed E-state index contributed by atoms with van der Waals surface area (Å²) in [7, 11) is 0. The van der Waals surface area contributed by atoms with Crippen LogP contribution in [0, 0.1) is 6.92 Å². The Hall–Kier alpha value is -3.00. The summed E-state index contributed by atoms with van der Waals surface area (Å²) in [5.74, 6) is -0.842. The lowest BCUT2D eigenvalue weighted by Crippen LogP contribution is -2.21. The molecule has 0 amide bonds. The molecular weight excluding hydrogens is 284 g/mol. The normalized spacial score (nSPS) is 12.7. The average Bonchev–Trinajstić information content (AvgIpc) is 2.59. The van der Waals surface area contributed by atoms with Crippen LogP contribution in [0.4, 0.5) is 0 Å². The van der Waals surface area contributed by atoms with Crippen molar-refractivity contribution in [1.82, 2.24) is 0 Å². The standard InChI is InChI=1S/C21H14O2/c1-13-5-4-6-14(11-13)15-9-10-18-19(12-15)16-7-2-3-8-17(16)20(22)21(18)23/h2-12H,1H3. The fourth-order valence-corrected chi connectivity index (χ4v) is 3.13. The fraction of sp³-hybridized carbons (Fsp3) is 0.0476.